The van der Waals surface area contributed by atoms with Crippen LogP contribution in [0.25, 0.3) is 0 Å². The van der Waals surface area contributed by atoms with E-state index in [9.17, 15) is 4.79 Å². The van der Waals surface area contributed by atoms with Gasteiger partial charge in [0.15, 0.2) is 0 Å². The number of hydrogen-bond acceptors (Lipinski definition) is 3. The molecule has 0 spiro atoms. The van der Waals surface area contributed by atoms with Gasteiger partial charge in [-0.05, 0) is 44.4 Å². The fourth-order valence-corrected chi connectivity index (χ4v) is 1.62. The molecule has 0 saturated heterocycles. The number of hydrogen-bond donors (Lipinski definition) is 2. The summed E-state index contributed by atoms with van der Waals surface area (Å²) in [5, 5.41) is 11.6. The molecule has 1 aromatic rings. The molecule has 3 N–H and O–H groups in total. The smallest absolute Gasteiger partial charge is 0.224 e. The topological polar surface area (TPSA) is 78.9 Å². The fourth-order valence-electron chi connectivity index (χ4n) is 1.62. The number of aryl methyl sites for hydroxylation is 1. The molecule has 0 radical (unpaired) electrons. The molecule has 1 atom stereocenters. The number of nitrogens with two attached hydrogens (primary N) is 1. The van der Waals surface area contributed by atoms with E-state index in [1.54, 1.807) is 12.1 Å². The molecule has 1 rings (SSSR count). The van der Waals surface area contributed by atoms with Crippen molar-refractivity contribution in [1.29, 1.82) is 5.26 Å². The van der Waals surface area contributed by atoms with Crippen molar-refractivity contribution in [3.05, 3.63) is 29.3 Å². The molecule has 0 fully saturated rings. The molecule has 4 heteroatoms. The van der Waals surface area contributed by atoms with E-state index in [1.165, 1.54) is 0 Å². The van der Waals surface area contributed by atoms with Crippen LogP contribution in [0.2, 0.25) is 0 Å². The molecule has 0 aliphatic rings. The van der Waals surface area contributed by atoms with Crippen LogP contribution in [0.3, 0.4) is 0 Å². The highest BCUT2D eigenvalue weighted by molar-refractivity contribution is 5.91. The van der Waals surface area contributed by atoms with Gasteiger partial charge in [0.2, 0.25) is 5.91 Å². The van der Waals surface area contributed by atoms with Gasteiger partial charge in [-0.2, -0.15) is 5.26 Å². The van der Waals surface area contributed by atoms with Crippen LogP contribution >= 0.6 is 0 Å². The first-order valence-corrected chi connectivity index (χ1v) is 6.09. The maximum Gasteiger partial charge on any atom is 0.224 e. The third-order valence-electron chi connectivity index (χ3n) is 2.70. The van der Waals surface area contributed by atoms with Crippen molar-refractivity contribution in [3.63, 3.8) is 0 Å². The maximum absolute atomic E-state index is 11.7. The molecule has 0 saturated carbocycles. The SMILES string of the molecule is Cc1ccc(C#N)cc1NC(=O)CCCC(C)N. The van der Waals surface area contributed by atoms with E-state index in [-0.39, 0.29) is 11.9 Å². The Morgan fingerprint density at radius 3 is 2.89 bits per heavy atom. The monoisotopic (exact) mass is 245 g/mol. The number of anilines is 1. The van der Waals surface area contributed by atoms with Crippen LogP contribution in [-0.4, -0.2) is 11.9 Å². The normalized spacial score (nSPS) is 11.7. The number of nitrogens with one attached hydrogen (secondary N) is 1. The summed E-state index contributed by atoms with van der Waals surface area (Å²) in [6.45, 7) is 3.83. The highest BCUT2D eigenvalue weighted by Crippen LogP contribution is 2.17. The van der Waals surface area contributed by atoms with E-state index in [0.29, 0.717) is 17.7 Å². The van der Waals surface area contributed by atoms with Crippen molar-refractivity contribution in [3.8, 4) is 6.07 Å². The van der Waals surface area contributed by atoms with Gasteiger partial charge in [-0.1, -0.05) is 6.07 Å². The number of benzene rings is 1. The second-order valence-electron chi connectivity index (χ2n) is 4.56. The van der Waals surface area contributed by atoms with Crippen molar-refractivity contribution in [2.24, 2.45) is 5.73 Å². The Balaban J connectivity index is 2.56. The minimum atomic E-state index is -0.0335. The molecule has 1 aromatic carbocycles. The van der Waals surface area contributed by atoms with Crippen LogP contribution in [0.15, 0.2) is 18.2 Å². The van der Waals surface area contributed by atoms with Gasteiger partial charge < -0.3 is 11.1 Å². The van der Waals surface area contributed by atoms with E-state index in [4.69, 9.17) is 11.0 Å². The molecule has 96 valence electrons. The molecule has 1 amide bonds. The van der Waals surface area contributed by atoms with Crippen LogP contribution in [0.4, 0.5) is 5.69 Å². The van der Waals surface area contributed by atoms with E-state index in [1.807, 2.05) is 19.9 Å². The first-order valence-electron chi connectivity index (χ1n) is 6.09. The zero-order valence-electron chi connectivity index (χ0n) is 10.9. The Kier molecular flexibility index (Phi) is 5.34. The maximum atomic E-state index is 11.7. The predicted octanol–water partition coefficient (Wildman–Crippen LogP) is 2.32. The number of carbonyl (C=O) groups is 1. The summed E-state index contributed by atoms with van der Waals surface area (Å²) in [6, 6.07) is 7.44. The zero-order valence-corrected chi connectivity index (χ0v) is 10.9. The second kappa shape index (κ2) is 6.77. The van der Waals surface area contributed by atoms with E-state index < -0.39 is 0 Å². The number of amides is 1. The average molecular weight is 245 g/mol. The first-order chi connectivity index (χ1) is 8.52. The van der Waals surface area contributed by atoms with Crippen LogP contribution < -0.4 is 11.1 Å². The number of nitrogens with zero attached hydrogens (tertiary/aromatic N) is 1. The standard InChI is InChI=1S/C14H19N3O/c1-10-6-7-12(9-15)8-13(10)17-14(18)5-3-4-11(2)16/h6-8,11H,3-5,16H2,1-2H3,(H,17,18). The summed E-state index contributed by atoms with van der Waals surface area (Å²) in [7, 11) is 0. The summed E-state index contributed by atoms with van der Waals surface area (Å²) in [6.07, 6.45) is 2.07. The van der Waals surface area contributed by atoms with Crippen molar-refractivity contribution in [2.75, 3.05) is 5.32 Å². The van der Waals surface area contributed by atoms with Crippen LogP contribution in [0.1, 0.15) is 37.3 Å². The summed E-state index contributed by atoms with van der Waals surface area (Å²) < 4.78 is 0. The Labute approximate surface area is 108 Å². The number of rotatable bonds is 5. The summed E-state index contributed by atoms with van der Waals surface area (Å²) in [4.78, 5) is 11.7. The van der Waals surface area contributed by atoms with Gasteiger partial charge in [0.1, 0.15) is 0 Å². The van der Waals surface area contributed by atoms with Crippen molar-refractivity contribution in [2.45, 2.75) is 39.2 Å². The van der Waals surface area contributed by atoms with Gasteiger partial charge >= 0.3 is 0 Å². The van der Waals surface area contributed by atoms with Crippen LogP contribution in [0.5, 0.6) is 0 Å². The van der Waals surface area contributed by atoms with Crippen molar-refractivity contribution >= 4 is 11.6 Å². The van der Waals surface area contributed by atoms with Gasteiger partial charge in [0, 0.05) is 18.2 Å². The molecule has 0 aliphatic carbocycles. The Morgan fingerprint density at radius 1 is 1.56 bits per heavy atom. The average Bonchev–Trinajstić information content (AvgIpc) is 2.31. The van der Waals surface area contributed by atoms with Gasteiger partial charge in [-0.3, -0.25) is 4.79 Å². The molecule has 0 heterocycles. The highest BCUT2D eigenvalue weighted by atomic mass is 16.1. The third kappa shape index (κ3) is 4.56. The zero-order chi connectivity index (χ0) is 13.5. The lowest BCUT2D eigenvalue weighted by Crippen LogP contribution is -2.17. The Morgan fingerprint density at radius 2 is 2.28 bits per heavy atom. The van der Waals surface area contributed by atoms with Gasteiger partial charge in [0.05, 0.1) is 11.6 Å². The van der Waals surface area contributed by atoms with Crippen LogP contribution in [-0.2, 0) is 4.79 Å². The van der Waals surface area contributed by atoms with E-state index in [0.717, 1.165) is 18.4 Å². The molecular formula is C14H19N3O. The molecule has 0 aromatic heterocycles. The first kappa shape index (κ1) is 14.2. The molecule has 18 heavy (non-hydrogen) atoms. The minimum Gasteiger partial charge on any atom is -0.328 e. The second-order valence-corrected chi connectivity index (χ2v) is 4.56. The largest absolute Gasteiger partial charge is 0.328 e. The number of nitriles is 1. The molecular weight excluding hydrogens is 226 g/mol. The lowest BCUT2D eigenvalue weighted by atomic mass is 10.1. The van der Waals surface area contributed by atoms with Gasteiger partial charge in [-0.15, -0.1) is 0 Å². The summed E-state index contributed by atoms with van der Waals surface area (Å²) in [5.74, 6) is -0.0335. The Bertz CT molecular complexity index is 461. The minimum absolute atomic E-state index is 0.0335. The summed E-state index contributed by atoms with van der Waals surface area (Å²) >= 11 is 0. The van der Waals surface area contributed by atoms with E-state index in [2.05, 4.69) is 11.4 Å². The van der Waals surface area contributed by atoms with E-state index >= 15 is 0 Å². The molecule has 4 nitrogen and oxygen atoms in total. The quantitative estimate of drug-likeness (QED) is 0.835. The molecule has 1 unspecified atom stereocenters. The molecule has 0 bridgehead atoms. The number of carbonyl (C=O) groups excluding carboxylic acids is 1. The van der Waals surface area contributed by atoms with Gasteiger partial charge in [0.25, 0.3) is 0 Å². The third-order valence-corrected chi connectivity index (χ3v) is 2.70. The fraction of sp³-hybridized carbons (Fsp3) is 0.429. The summed E-state index contributed by atoms with van der Waals surface area (Å²) in [5.41, 5.74) is 7.83. The highest BCUT2D eigenvalue weighted by Gasteiger charge is 2.06. The van der Waals surface area contributed by atoms with Crippen molar-refractivity contribution < 1.29 is 4.79 Å². The Hall–Kier alpha value is -1.86. The lowest BCUT2D eigenvalue weighted by molar-refractivity contribution is -0.116. The molecule has 0 aliphatic heterocycles. The van der Waals surface area contributed by atoms with Crippen LogP contribution in [0, 0.1) is 18.3 Å². The lowest BCUT2D eigenvalue weighted by Gasteiger charge is -2.09. The van der Waals surface area contributed by atoms with Crippen molar-refractivity contribution in [1.82, 2.24) is 0 Å². The van der Waals surface area contributed by atoms with Gasteiger partial charge in [-0.25, -0.2) is 0 Å². The predicted molar refractivity (Wildman–Crippen MR) is 72.0 cm³/mol.